The predicted octanol–water partition coefficient (Wildman–Crippen LogP) is 2.64. The minimum atomic E-state index is -0.676. The molecule has 30 heavy (non-hydrogen) atoms. The molecular formula is C21H21NO8. The molecule has 0 atom stereocenters. The highest BCUT2D eigenvalue weighted by Gasteiger charge is 2.15. The second-order valence-corrected chi connectivity index (χ2v) is 6.02. The second-order valence-electron chi connectivity index (χ2n) is 6.02. The van der Waals surface area contributed by atoms with Gasteiger partial charge < -0.3 is 33.7 Å². The zero-order valence-electron chi connectivity index (χ0n) is 16.7. The van der Waals surface area contributed by atoms with Crippen LogP contribution in [-0.2, 0) is 14.3 Å². The van der Waals surface area contributed by atoms with Crippen LogP contribution in [-0.4, -0.2) is 46.6 Å². The molecule has 0 spiro atoms. The quantitative estimate of drug-likeness (QED) is 0.519. The van der Waals surface area contributed by atoms with Gasteiger partial charge in [0, 0.05) is 17.8 Å². The monoisotopic (exact) mass is 415 g/mol. The third-order valence-electron chi connectivity index (χ3n) is 4.10. The van der Waals surface area contributed by atoms with E-state index in [2.05, 4.69) is 5.32 Å². The van der Waals surface area contributed by atoms with Crippen LogP contribution in [0.5, 0.6) is 28.7 Å². The summed E-state index contributed by atoms with van der Waals surface area (Å²) in [5.41, 5.74) is 1.14. The summed E-state index contributed by atoms with van der Waals surface area (Å²) in [4.78, 5) is 23.9. The average Bonchev–Trinajstić information content (AvgIpc) is 3.23. The lowest BCUT2D eigenvalue weighted by Crippen LogP contribution is -2.20. The maximum atomic E-state index is 12.0. The van der Waals surface area contributed by atoms with Crippen molar-refractivity contribution in [1.82, 2.24) is 0 Å². The number of fused-ring (bicyclic) bond motifs is 1. The van der Waals surface area contributed by atoms with Crippen molar-refractivity contribution in [2.45, 2.75) is 0 Å². The van der Waals surface area contributed by atoms with Crippen molar-refractivity contribution in [3.05, 3.63) is 42.0 Å². The zero-order chi connectivity index (χ0) is 21.5. The Bertz CT molecular complexity index is 944. The highest BCUT2D eigenvalue weighted by Crippen LogP contribution is 2.38. The number of methoxy groups -OCH3 is 3. The molecule has 3 rings (SSSR count). The SMILES string of the molecule is COc1cc(C=CC(=O)OCC(=O)Nc2ccc3c(c2)OCO3)cc(OC)c1OC. The van der Waals surface area contributed by atoms with Gasteiger partial charge >= 0.3 is 5.97 Å². The van der Waals surface area contributed by atoms with Crippen LogP contribution in [0.3, 0.4) is 0 Å². The van der Waals surface area contributed by atoms with E-state index in [9.17, 15) is 9.59 Å². The van der Waals surface area contributed by atoms with Gasteiger partial charge in [0.1, 0.15) is 0 Å². The van der Waals surface area contributed by atoms with Crippen molar-refractivity contribution in [3.8, 4) is 28.7 Å². The van der Waals surface area contributed by atoms with E-state index in [4.69, 9.17) is 28.4 Å². The van der Waals surface area contributed by atoms with E-state index in [0.29, 0.717) is 40.0 Å². The van der Waals surface area contributed by atoms with E-state index in [-0.39, 0.29) is 6.79 Å². The van der Waals surface area contributed by atoms with Crippen LogP contribution < -0.4 is 29.0 Å². The Hall–Kier alpha value is -3.88. The summed E-state index contributed by atoms with van der Waals surface area (Å²) in [6, 6.07) is 8.34. The van der Waals surface area contributed by atoms with E-state index in [1.54, 1.807) is 30.3 Å². The number of benzene rings is 2. The van der Waals surface area contributed by atoms with E-state index in [1.165, 1.54) is 33.5 Å². The third kappa shape index (κ3) is 4.93. The first kappa shape index (κ1) is 20.8. The first-order valence-corrected chi connectivity index (χ1v) is 8.88. The standard InChI is InChI=1S/C21H21NO8/c1-25-17-8-13(9-18(26-2)21(17)27-3)4-7-20(24)28-11-19(23)22-14-5-6-15-16(10-14)30-12-29-15/h4-10H,11-12H2,1-3H3,(H,22,23). The number of ether oxygens (including phenoxy) is 6. The molecule has 0 fully saturated rings. The fraction of sp³-hybridized carbons (Fsp3) is 0.238. The molecule has 0 aliphatic carbocycles. The number of nitrogens with one attached hydrogen (secondary N) is 1. The summed E-state index contributed by atoms with van der Waals surface area (Å²) in [6.45, 7) is -0.296. The number of anilines is 1. The van der Waals surface area contributed by atoms with Crippen molar-refractivity contribution in [3.63, 3.8) is 0 Å². The van der Waals surface area contributed by atoms with E-state index in [0.717, 1.165) is 0 Å². The van der Waals surface area contributed by atoms with Crippen LogP contribution in [0.15, 0.2) is 36.4 Å². The van der Waals surface area contributed by atoms with Gasteiger partial charge in [-0.3, -0.25) is 4.79 Å². The van der Waals surface area contributed by atoms with Gasteiger partial charge in [0.05, 0.1) is 21.3 Å². The maximum Gasteiger partial charge on any atom is 0.331 e. The number of rotatable bonds is 8. The molecule has 1 aliphatic heterocycles. The molecule has 0 saturated carbocycles. The molecule has 0 aromatic heterocycles. The van der Waals surface area contributed by atoms with Crippen LogP contribution in [0.2, 0.25) is 0 Å². The van der Waals surface area contributed by atoms with Crippen molar-refractivity contribution in [1.29, 1.82) is 0 Å². The Morgan fingerprint density at radius 2 is 1.70 bits per heavy atom. The highest BCUT2D eigenvalue weighted by atomic mass is 16.7. The summed E-state index contributed by atoms with van der Waals surface area (Å²) in [5, 5.41) is 2.62. The van der Waals surface area contributed by atoms with Crippen LogP contribution in [0.1, 0.15) is 5.56 Å². The fourth-order valence-electron chi connectivity index (χ4n) is 2.72. The predicted molar refractivity (Wildman–Crippen MR) is 107 cm³/mol. The molecule has 158 valence electrons. The van der Waals surface area contributed by atoms with Gasteiger partial charge in [-0.15, -0.1) is 0 Å². The molecule has 0 bridgehead atoms. The summed E-state index contributed by atoms with van der Waals surface area (Å²) in [7, 11) is 4.50. The van der Waals surface area contributed by atoms with Gasteiger partial charge in [0.25, 0.3) is 5.91 Å². The third-order valence-corrected chi connectivity index (χ3v) is 4.10. The van der Waals surface area contributed by atoms with Crippen LogP contribution in [0, 0.1) is 0 Å². The van der Waals surface area contributed by atoms with E-state index < -0.39 is 18.5 Å². The number of carbonyl (C=O) groups is 2. The van der Waals surface area contributed by atoms with Crippen molar-refractivity contribution in [2.75, 3.05) is 40.0 Å². The first-order valence-electron chi connectivity index (χ1n) is 8.88. The highest BCUT2D eigenvalue weighted by molar-refractivity contribution is 5.95. The summed E-state index contributed by atoms with van der Waals surface area (Å²) < 4.78 is 31.2. The van der Waals surface area contributed by atoms with Crippen LogP contribution in [0.4, 0.5) is 5.69 Å². The zero-order valence-corrected chi connectivity index (χ0v) is 16.7. The van der Waals surface area contributed by atoms with Crippen molar-refractivity contribution < 1.29 is 38.0 Å². The lowest BCUT2D eigenvalue weighted by Gasteiger charge is -2.12. The second kappa shape index (κ2) is 9.55. The maximum absolute atomic E-state index is 12.0. The number of carbonyl (C=O) groups excluding carboxylic acids is 2. The molecular weight excluding hydrogens is 394 g/mol. The topological polar surface area (TPSA) is 102 Å². The smallest absolute Gasteiger partial charge is 0.331 e. The number of hydrogen-bond donors (Lipinski definition) is 1. The summed E-state index contributed by atoms with van der Waals surface area (Å²) in [5.74, 6) is 1.34. The lowest BCUT2D eigenvalue weighted by atomic mass is 10.1. The molecule has 1 heterocycles. The van der Waals surface area contributed by atoms with Crippen LogP contribution in [0.25, 0.3) is 6.08 Å². The van der Waals surface area contributed by atoms with Crippen molar-refractivity contribution in [2.24, 2.45) is 0 Å². The Labute approximate surface area is 173 Å². The van der Waals surface area contributed by atoms with Gasteiger partial charge in [-0.25, -0.2) is 4.79 Å². The van der Waals surface area contributed by atoms with Gasteiger partial charge in [-0.05, 0) is 35.9 Å². The Morgan fingerprint density at radius 1 is 1.00 bits per heavy atom. The Kier molecular flexibility index (Phi) is 6.63. The minimum Gasteiger partial charge on any atom is -0.493 e. The molecule has 1 aliphatic rings. The Balaban J connectivity index is 1.55. The molecule has 2 aromatic rings. The largest absolute Gasteiger partial charge is 0.493 e. The van der Waals surface area contributed by atoms with Gasteiger partial charge in [-0.2, -0.15) is 0 Å². The van der Waals surface area contributed by atoms with Gasteiger partial charge in [0.15, 0.2) is 29.6 Å². The molecule has 1 amide bonds. The van der Waals surface area contributed by atoms with Crippen LogP contribution >= 0.6 is 0 Å². The molecule has 1 N–H and O–H groups in total. The minimum absolute atomic E-state index is 0.141. The Morgan fingerprint density at radius 3 is 2.37 bits per heavy atom. The van der Waals surface area contributed by atoms with Gasteiger partial charge in [0.2, 0.25) is 12.5 Å². The van der Waals surface area contributed by atoms with E-state index >= 15 is 0 Å². The number of esters is 1. The summed E-state index contributed by atoms with van der Waals surface area (Å²) >= 11 is 0. The number of amides is 1. The fourth-order valence-corrected chi connectivity index (χ4v) is 2.72. The molecule has 9 nitrogen and oxygen atoms in total. The van der Waals surface area contributed by atoms with Crippen molar-refractivity contribution >= 4 is 23.6 Å². The molecule has 0 unspecified atom stereocenters. The first-order chi connectivity index (χ1) is 14.5. The molecule has 2 aromatic carbocycles. The lowest BCUT2D eigenvalue weighted by molar-refractivity contribution is -0.142. The number of hydrogen-bond acceptors (Lipinski definition) is 8. The molecule has 0 radical (unpaired) electrons. The van der Waals surface area contributed by atoms with E-state index in [1.807, 2.05) is 0 Å². The summed E-state index contributed by atoms with van der Waals surface area (Å²) in [6.07, 6.45) is 2.72. The normalized spacial score (nSPS) is 11.8. The molecule has 9 heteroatoms. The average molecular weight is 415 g/mol. The molecule has 0 saturated heterocycles. The van der Waals surface area contributed by atoms with Gasteiger partial charge in [-0.1, -0.05) is 0 Å².